The molecular weight excluding hydrogens is 282 g/mol. The first-order valence-corrected chi connectivity index (χ1v) is 7.08. The predicted molar refractivity (Wildman–Crippen MR) is 85.6 cm³/mol. The van der Waals surface area contributed by atoms with Gasteiger partial charge in [-0.05, 0) is 36.1 Å². The van der Waals surface area contributed by atoms with E-state index in [4.69, 9.17) is 9.47 Å². The van der Waals surface area contributed by atoms with Gasteiger partial charge in [0, 0.05) is 13.0 Å². The highest BCUT2D eigenvalue weighted by molar-refractivity contribution is 5.56. The molecule has 5 heteroatoms. The van der Waals surface area contributed by atoms with E-state index in [1.807, 2.05) is 6.08 Å². The van der Waals surface area contributed by atoms with Gasteiger partial charge in [-0.2, -0.15) is 0 Å². The lowest BCUT2D eigenvalue weighted by Crippen LogP contribution is -2.04. The molecule has 5 nitrogen and oxygen atoms in total. The molecule has 1 aliphatic rings. The van der Waals surface area contributed by atoms with E-state index in [-0.39, 0.29) is 5.70 Å². The van der Waals surface area contributed by atoms with E-state index in [1.54, 1.807) is 25.3 Å². The maximum atomic E-state index is 10.7. The second kappa shape index (κ2) is 7.45. The van der Waals surface area contributed by atoms with Crippen molar-refractivity contribution < 1.29 is 14.4 Å². The Hall–Kier alpha value is -2.56. The second-order valence-electron chi connectivity index (χ2n) is 5.03. The van der Waals surface area contributed by atoms with Crippen molar-refractivity contribution in [3.8, 4) is 11.5 Å². The van der Waals surface area contributed by atoms with Gasteiger partial charge in [-0.1, -0.05) is 24.3 Å². The Kier molecular flexibility index (Phi) is 5.36. The Morgan fingerprint density at radius 1 is 1.41 bits per heavy atom. The maximum absolute atomic E-state index is 10.7. The van der Waals surface area contributed by atoms with Crippen LogP contribution in [0.3, 0.4) is 0 Å². The normalized spacial score (nSPS) is 14.5. The van der Waals surface area contributed by atoms with E-state index >= 15 is 0 Å². The molecule has 1 aromatic carbocycles. The SMILES string of the molecule is COc1ccc(/C=C(\C)[N+](=O)[O-])cc1OCC1=CC=CCC1. The quantitative estimate of drug-likeness (QED) is 0.589. The van der Waals surface area contributed by atoms with Gasteiger partial charge in [-0.15, -0.1) is 0 Å². The number of allylic oxidation sites excluding steroid dienone is 4. The molecule has 0 aliphatic heterocycles. The highest BCUT2D eigenvalue weighted by atomic mass is 16.6. The third-order valence-electron chi connectivity index (χ3n) is 3.36. The molecule has 0 bridgehead atoms. The van der Waals surface area contributed by atoms with E-state index in [0.29, 0.717) is 23.7 Å². The van der Waals surface area contributed by atoms with Crippen molar-refractivity contribution in [2.24, 2.45) is 0 Å². The van der Waals surface area contributed by atoms with E-state index in [9.17, 15) is 10.1 Å². The van der Waals surface area contributed by atoms with E-state index in [1.165, 1.54) is 18.6 Å². The fourth-order valence-electron chi connectivity index (χ4n) is 2.13. The number of nitrogens with zero attached hydrogens (tertiary/aromatic N) is 1. The third kappa shape index (κ3) is 4.22. The molecule has 0 radical (unpaired) electrons. The van der Waals surface area contributed by atoms with Gasteiger partial charge in [0.15, 0.2) is 11.5 Å². The summed E-state index contributed by atoms with van der Waals surface area (Å²) in [4.78, 5) is 10.3. The zero-order valence-electron chi connectivity index (χ0n) is 12.7. The maximum Gasteiger partial charge on any atom is 0.243 e. The Morgan fingerprint density at radius 3 is 2.86 bits per heavy atom. The lowest BCUT2D eigenvalue weighted by Gasteiger charge is -2.14. The summed E-state index contributed by atoms with van der Waals surface area (Å²) in [5.41, 5.74) is 2.01. The molecule has 0 amide bonds. The summed E-state index contributed by atoms with van der Waals surface area (Å²) in [7, 11) is 1.57. The van der Waals surface area contributed by atoms with Gasteiger partial charge >= 0.3 is 0 Å². The van der Waals surface area contributed by atoms with Gasteiger partial charge in [-0.3, -0.25) is 10.1 Å². The van der Waals surface area contributed by atoms with Crippen LogP contribution in [0.5, 0.6) is 11.5 Å². The molecule has 1 aliphatic carbocycles. The Bertz CT molecular complexity index is 644. The molecule has 1 aromatic rings. The topological polar surface area (TPSA) is 61.6 Å². The van der Waals surface area contributed by atoms with Crippen LogP contribution in [-0.4, -0.2) is 18.6 Å². The fraction of sp³-hybridized carbons (Fsp3) is 0.294. The molecule has 0 atom stereocenters. The van der Waals surface area contributed by atoms with Crippen LogP contribution in [0, 0.1) is 10.1 Å². The zero-order valence-corrected chi connectivity index (χ0v) is 12.7. The monoisotopic (exact) mass is 301 g/mol. The van der Waals surface area contributed by atoms with E-state index in [2.05, 4.69) is 12.2 Å². The van der Waals surface area contributed by atoms with Crippen molar-refractivity contribution in [1.29, 1.82) is 0 Å². The molecule has 0 saturated carbocycles. The first-order chi connectivity index (χ1) is 10.6. The summed E-state index contributed by atoms with van der Waals surface area (Å²) in [6.45, 7) is 1.95. The van der Waals surface area contributed by atoms with Gasteiger partial charge in [0.2, 0.25) is 5.70 Å². The van der Waals surface area contributed by atoms with Crippen LogP contribution in [0.4, 0.5) is 0 Å². The summed E-state index contributed by atoms with van der Waals surface area (Å²) >= 11 is 0. The highest BCUT2D eigenvalue weighted by Crippen LogP contribution is 2.29. The second-order valence-corrected chi connectivity index (χ2v) is 5.03. The largest absolute Gasteiger partial charge is 0.493 e. The zero-order chi connectivity index (χ0) is 15.9. The molecule has 0 spiro atoms. The van der Waals surface area contributed by atoms with Crippen molar-refractivity contribution in [3.05, 3.63) is 63.4 Å². The molecule has 0 aromatic heterocycles. The van der Waals surface area contributed by atoms with Crippen molar-refractivity contribution in [1.82, 2.24) is 0 Å². The lowest BCUT2D eigenvalue weighted by molar-refractivity contribution is -0.422. The van der Waals surface area contributed by atoms with Gasteiger partial charge < -0.3 is 9.47 Å². The van der Waals surface area contributed by atoms with Crippen LogP contribution < -0.4 is 9.47 Å². The minimum Gasteiger partial charge on any atom is -0.493 e. The lowest BCUT2D eigenvalue weighted by atomic mass is 10.1. The van der Waals surface area contributed by atoms with Crippen molar-refractivity contribution in [2.45, 2.75) is 19.8 Å². The van der Waals surface area contributed by atoms with Crippen molar-refractivity contribution in [2.75, 3.05) is 13.7 Å². The molecule has 0 heterocycles. The number of hydrogen-bond donors (Lipinski definition) is 0. The molecule has 0 unspecified atom stereocenters. The Labute approximate surface area is 129 Å². The Balaban J connectivity index is 2.17. The highest BCUT2D eigenvalue weighted by Gasteiger charge is 2.09. The Morgan fingerprint density at radius 2 is 2.23 bits per heavy atom. The number of rotatable bonds is 6. The standard InChI is InChI=1S/C17H19NO4/c1-13(18(19)20)10-15-8-9-16(21-2)17(11-15)22-12-14-6-4-3-5-7-14/h3-4,6,8-11H,5,7,12H2,1-2H3/b13-10+. The van der Waals surface area contributed by atoms with E-state index in [0.717, 1.165) is 12.8 Å². The summed E-state index contributed by atoms with van der Waals surface area (Å²) in [6.07, 6.45) is 9.72. The fourth-order valence-corrected chi connectivity index (χ4v) is 2.13. The molecule has 2 rings (SSSR count). The summed E-state index contributed by atoms with van der Waals surface area (Å²) in [5, 5.41) is 10.7. The average molecular weight is 301 g/mol. The molecule has 0 fully saturated rings. The first kappa shape index (κ1) is 15.8. The number of methoxy groups -OCH3 is 1. The van der Waals surface area contributed by atoms with Crippen molar-refractivity contribution in [3.63, 3.8) is 0 Å². The number of hydrogen-bond acceptors (Lipinski definition) is 4. The summed E-state index contributed by atoms with van der Waals surface area (Å²) in [5.74, 6) is 1.20. The molecule has 0 saturated heterocycles. The smallest absolute Gasteiger partial charge is 0.243 e. The van der Waals surface area contributed by atoms with E-state index < -0.39 is 4.92 Å². The molecule has 116 valence electrons. The third-order valence-corrected chi connectivity index (χ3v) is 3.36. The minimum atomic E-state index is -0.413. The van der Waals surface area contributed by atoms with Crippen LogP contribution in [-0.2, 0) is 0 Å². The minimum absolute atomic E-state index is 0.0799. The first-order valence-electron chi connectivity index (χ1n) is 7.08. The van der Waals surface area contributed by atoms with Crippen LogP contribution in [0.25, 0.3) is 6.08 Å². The molecular formula is C17H19NO4. The molecule has 0 N–H and O–H groups in total. The number of nitro groups is 1. The van der Waals surface area contributed by atoms with Gasteiger partial charge in [-0.25, -0.2) is 0 Å². The summed E-state index contributed by atoms with van der Waals surface area (Å²) in [6, 6.07) is 5.27. The summed E-state index contributed by atoms with van der Waals surface area (Å²) < 4.78 is 11.1. The van der Waals surface area contributed by atoms with Crippen LogP contribution in [0.15, 0.2) is 47.7 Å². The average Bonchev–Trinajstić information content (AvgIpc) is 2.54. The molecule has 22 heavy (non-hydrogen) atoms. The van der Waals surface area contributed by atoms with Crippen LogP contribution >= 0.6 is 0 Å². The van der Waals surface area contributed by atoms with Gasteiger partial charge in [0.05, 0.1) is 12.0 Å². The van der Waals surface area contributed by atoms with Gasteiger partial charge in [0.1, 0.15) is 6.61 Å². The predicted octanol–water partition coefficient (Wildman–Crippen LogP) is 3.99. The number of benzene rings is 1. The van der Waals surface area contributed by atoms with Gasteiger partial charge in [0.25, 0.3) is 0 Å². The van der Waals surface area contributed by atoms with Crippen LogP contribution in [0.2, 0.25) is 0 Å². The van der Waals surface area contributed by atoms with Crippen molar-refractivity contribution >= 4 is 6.08 Å². The van der Waals surface area contributed by atoms with Crippen LogP contribution in [0.1, 0.15) is 25.3 Å². The number of ether oxygens (including phenoxy) is 2.